The Bertz CT molecular complexity index is 927. The van der Waals surface area contributed by atoms with Crippen molar-refractivity contribution in [3.63, 3.8) is 0 Å². The lowest BCUT2D eigenvalue weighted by Crippen LogP contribution is -2.25. The molecular weight excluding hydrogens is 368 g/mol. The molecule has 0 saturated carbocycles. The number of para-hydroxylation sites is 1. The first-order valence-corrected chi connectivity index (χ1v) is 10.3. The predicted octanol–water partition coefficient (Wildman–Crippen LogP) is 2.79. The van der Waals surface area contributed by atoms with E-state index in [1.807, 2.05) is 6.92 Å². The van der Waals surface area contributed by atoms with Crippen LogP contribution in [0.3, 0.4) is 0 Å². The van der Waals surface area contributed by atoms with E-state index in [0.717, 1.165) is 12.8 Å². The molecule has 1 aliphatic rings. The van der Waals surface area contributed by atoms with Crippen LogP contribution in [0.2, 0.25) is 0 Å². The number of carbonyl (C=O) groups is 1. The number of hydrogen-bond acceptors (Lipinski definition) is 5. The van der Waals surface area contributed by atoms with Crippen LogP contribution in [-0.2, 0) is 10.0 Å². The predicted molar refractivity (Wildman–Crippen MR) is 102 cm³/mol. The van der Waals surface area contributed by atoms with Crippen molar-refractivity contribution in [2.24, 2.45) is 0 Å². The maximum absolute atomic E-state index is 12.8. The summed E-state index contributed by atoms with van der Waals surface area (Å²) < 4.78 is 39.2. The average molecular weight is 390 g/mol. The molecular formula is C19H22N2O5S. The topological polar surface area (TPSA) is 93.7 Å². The van der Waals surface area contributed by atoms with Gasteiger partial charge in [-0.15, -0.1) is 0 Å². The van der Waals surface area contributed by atoms with Crippen molar-refractivity contribution in [1.29, 1.82) is 0 Å². The Balaban J connectivity index is 1.87. The first kappa shape index (κ1) is 19.0. The fourth-order valence-electron chi connectivity index (χ4n) is 2.62. The summed E-state index contributed by atoms with van der Waals surface area (Å²) in [5, 5.41) is 2.75. The molecule has 3 rings (SSSR count). The van der Waals surface area contributed by atoms with Crippen molar-refractivity contribution in [1.82, 2.24) is 5.32 Å². The lowest BCUT2D eigenvalue weighted by molar-refractivity contribution is 0.0954. The average Bonchev–Trinajstić information content (AvgIpc) is 2.91. The monoisotopic (exact) mass is 390 g/mol. The summed E-state index contributed by atoms with van der Waals surface area (Å²) in [6.07, 6.45) is 1.52. The molecule has 144 valence electrons. The molecule has 0 saturated heterocycles. The van der Waals surface area contributed by atoms with Crippen LogP contribution in [0.5, 0.6) is 11.5 Å². The minimum atomic E-state index is -3.90. The number of hydrogen-bond donors (Lipinski definition) is 2. The van der Waals surface area contributed by atoms with Gasteiger partial charge in [0, 0.05) is 19.0 Å². The number of fused-ring (bicyclic) bond motifs is 1. The van der Waals surface area contributed by atoms with Gasteiger partial charge in [0.15, 0.2) is 11.5 Å². The highest BCUT2D eigenvalue weighted by molar-refractivity contribution is 7.92. The molecule has 2 aromatic carbocycles. The quantitative estimate of drug-likeness (QED) is 0.791. The van der Waals surface area contributed by atoms with E-state index < -0.39 is 10.0 Å². The third kappa shape index (κ3) is 4.51. The van der Waals surface area contributed by atoms with Gasteiger partial charge in [-0.05, 0) is 30.7 Å². The van der Waals surface area contributed by atoms with Crippen LogP contribution in [0.15, 0.2) is 47.4 Å². The maximum atomic E-state index is 12.8. The minimum absolute atomic E-state index is 0.0375. The van der Waals surface area contributed by atoms with E-state index in [0.29, 0.717) is 31.3 Å². The number of carbonyl (C=O) groups excluding carboxylic acids is 1. The summed E-state index contributed by atoms with van der Waals surface area (Å²) in [5.74, 6) is 0.587. The Morgan fingerprint density at radius 3 is 2.59 bits per heavy atom. The molecule has 8 heteroatoms. The van der Waals surface area contributed by atoms with Crippen LogP contribution in [-0.4, -0.2) is 34.1 Å². The van der Waals surface area contributed by atoms with E-state index in [-0.39, 0.29) is 22.1 Å². The Kier molecular flexibility index (Phi) is 5.85. The van der Waals surface area contributed by atoms with Gasteiger partial charge in [0.2, 0.25) is 0 Å². The van der Waals surface area contributed by atoms with E-state index in [1.165, 1.54) is 12.1 Å². The van der Waals surface area contributed by atoms with E-state index >= 15 is 0 Å². The number of nitrogens with one attached hydrogen (secondary N) is 2. The largest absolute Gasteiger partial charge is 0.490 e. The highest BCUT2D eigenvalue weighted by Crippen LogP contribution is 2.32. The number of amides is 1. The number of anilines is 1. The number of ether oxygens (including phenoxy) is 2. The van der Waals surface area contributed by atoms with Crippen LogP contribution in [0.1, 0.15) is 30.1 Å². The Hall–Kier alpha value is -2.74. The molecule has 2 aromatic rings. The summed E-state index contributed by atoms with van der Waals surface area (Å²) in [5.41, 5.74) is 0.488. The lowest BCUT2D eigenvalue weighted by Gasteiger charge is -2.14. The van der Waals surface area contributed by atoms with E-state index in [4.69, 9.17) is 9.47 Å². The summed E-state index contributed by atoms with van der Waals surface area (Å²) in [6, 6.07) is 11.0. The number of rotatable bonds is 6. The van der Waals surface area contributed by atoms with E-state index in [2.05, 4.69) is 10.0 Å². The molecule has 0 spiro atoms. The Morgan fingerprint density at radius 2 is 1.81 bits per heavy atom. The van der Waals surface area contributed by atoms with Crippen molar-refractivity contribution in [2.75, 3.05) is 24.5 Å². The summed E-state index contributed by atoms with van der Waals surface area (Å²) >= 11 is 0. The molecule has 1 heterocycles. The van der Waals surface area contributed by atoms with Gasteiger partial charge in [0.05, 0.1) is 29.4 Å². The van der Waals surface area contributed by atoms with Crippen LogP contribution in [0.4, 0.5) is 5.69 Å². The van der Waals surface area contributed by atoms with Crippen molar-refractivity contribution < 1.29 is 22.7 Å². The van der Waals surface area contributed by atoms with Crippen LogP contribution in [0.25, 0.3) is 0 Å². The van der Waals surface area contributed by atoms with Gasteiger partial charge in [-0.1, -0.05) is 19.1 Å². The molecule has 0 bridgehead atoms. The molecule has 0 aliphatic carbocycles. The van der Waals surface area contributed by atoms with Gasteiger partial charge in [-0.2, -0.15) is 0 Å². The van der Waals surface area contributed by atoms with Crippen molar-refractivity contribution in [2.45, 2.75) is 24.7 Å². The maximum Gasteiger partial charge on any atom is 0.262 e. The van der Waals surface area contributed by atoms with Crippen molar-refractivity contribution >= 4 is 21.6 Å². The smallest absolute Gasteiger partial charge is 0.262 e. The van der Waals surface area contributed by atoms with Gasteiger partial charge >= 0.3 is 0 Å². The second-order valence-corrected chi connectivity index (χ2v) is 7.75. The Morgan fingerprint density at radius 1 is 1.07 bits per heavy atom. The fourth-order valence-corrected chi connectivity index (χ4v) is 3.71. The zero-order valence-corrected chi connectivity index (χ0v) is 15.8. The SMILES string of the molecule is CCCNC(=O)c1ccccc1NS(=O)(=O)c1ccc2c(c1)OCCCO2. The summed E-state index contributed by atoms with van der Waals surface area (Å²) in [4.78, 5) is 12.3. The molecule has 27 heavy (non-hydrogen) atoms. The highest BCUT2D eigenvalue weighted by atomic mass is 32.2. The highest BCUT2D eigenvalue weighted by Gasteiger charge is 2.21. The van der Waals surface area contributed by atoms with Crippen LogP contribution >= 0.6 is 0 Å². The summed E-state index contributed by atoms with van der Waals surface area (Å²) in [7, 11) is -3.90. The molecule has 0 radical (unpaired) electrons. The molecule has 0 fully saturated rings. The molecule has 0 aromatic heterocycles. The van der Waals surface area contributed by atoms with Crippen LogP contribution < -0.4 is 19.5 Å². The second kappa shape index (κ2) is 8.30. The molecule has 0 unspecified atom stereocenters. The molecule has 1 amide bonds. The standard InChI is InChI=1S/C19H22N2O5S/c1-2-10-20-19(22)15-6-3-4-7-16(15)21-27(23,24)14-8-9-17-18(13-14)26-12-5-11-25-17/h3-4,6-9,13,21H,2,5,10-12H2,1H3,(H,20,22). The lowest BCUT2D eigenvalue weighted by atomic mass is 10.1. The van der Waals surface area contributed by atoms with Gasteiger partial charge in [0.25, 0.3) is 15.9 Å². The normalized spacial score (nSPS) is 13.5. The van der Waals surface area contributed by atoms with Gasteiger partial charge in [-0.3, -0.25) is 9.52 Å². The van der Waals surface area contributed by atoms with Crippen molar-refractivity contribution in [3.05, 3.63) is 48.0 Å². The minimum Gasteiger partial charge on any atom is -0.490 e. The van der Waals surface area contributed by atoms with Gasteiger partial charge < -0.3 is 14.8 Å². The van der Waals surface area contributed by atoms with Crippen molar-refractivity contribution in [3.8, 4) is 11.5 Å². The first-order chi connectivity index (χ1) is 13.0. The first-order valence-electron chi connectivity index (χ1n) is 8.81. The molecule has 7 nitrogen and oxygen atoms in total. The molecule has 1 aliphatic heterocycles. The molecule has 0 atom stereocenters. The summed E-state index contributed by atoms with van der Waals surface area (Å²) in [6.45, 7) is 3.45. The van der Waals surface area contributed by atoms with Gasteiger partial charge in [-0.25, -0.2) is 8.42 Å². The van der Waals surface area contributed by atoms with Crippen LogP contribution in [0, 0.1) is 0 Å². The third-order valence-corrected chi connectivity index (χ3v) is 5.34. The molecule has 2 N–H and O–H groups in total. The number of benzene rings is 2. The number of sulfonamides is 1. The Labute approximate surface area is 158 Å². The van der Waals surface area contributed by atoms with E-state index in [9.17, 15) is 13.2 Å². The second-order valence-electron chi connectivity index (χ2n) is 6.07. The zero-order chi connectivity index (χ0) is 19.3. The zero-order valence-electron chi connectivity index (χ0n) is 15.0. The third-order valence-electron chi connectivity index (χ3n) is 3.98. The van der Waals surface area contributed by atoms with E-state index in [1.54, 1.807) is 30.3 Å². The van der Waals surface area contributed by atoms with Gasteiger partial charge in [0.1, 0.15) is 0 Å². The fraction of sp³-hybridized carbons (Fsp3) is 0.316.